The maximum atomic E-state index is 13.0. The highest BCUT2D eigenvalue weighted by molar-refractivity contribution is 6.05. The van der Waals surface area contributed by atoms with Crippen LogP contribution in [0.5, 0.6) is 5.75 Å². The van der Waals surface area contributed by atoms with E-state index in [4.69, 9.17) is 4.74 Å². The number of carbonyl (C=O) groups excluding carboxylic acids is 1. The quantitative estimate of drug-likeness (QED) is 0.462. The minimum atomic E-state index is 0.0463. The summed E-state index contributed by atoms with van der Waals surface area (Å²) in [6.07, 6.45) is 8.44. The van der Waals surface area contributed by atoms with Gasteiger partial charge in [-0.05, 0) is 31.1 Å². The lowest BCUT2D eigenvalue weighted by Crippen LogP contribution is -2.31. The Bertz CT molecular complexity index is 1340. The zero-order valence-corrected chi connectivity index (χ0v) is 18.9. The molecule has 3 N–H and O–H groups in total. The number of aliphatic imine (C=N–C) groups is 1. The highest BCUT2D eigenvalue weighted by atomic mass is 16.5. The highest BCUT2D eigenvalue weighted by Crippen LogP contribution is 2.39. The number of carbonyl (C=O) groups is 1. The van der Waals surface area contributed by atoms with Gasteiger partial charge in [-0.1, -0.05) is 12.6 Å². The second kappa shape index (κ2) is 8.81. The number of hydrogen-bond acceptors (Lipinski definition) is 9. The number of ketones is 1. The molecular formula is C24H24N8O2. The van der Waals surface area contributed by atoms with Gasteiger partial charge in [-0.25, -0.2) is 15.0 Å². The van der Waals surface area contributed by atoms with E-state index in [1.165, 1.54) is 0 Å². The molecule has 2 aliphatic rings. The number of pyridine rings is 1. The Labute approximate surface area is 196 Å². The zero-order valence-electron chi connectivity index (χ0n) is 18.9. The number of Topliss-reactive ketones (excluding diaryl/α,β-unsaturated/α-hetero) is 1. The molecule has 2 aromatic heterocycles. The Morgan fingerprint density at radius 1 is 1.24 bits per heavy atom. The summed E-state index contributed by atoms with van der Waals surface area (Å²) < 4.78 is 7.35. The summed E-state index contributed by atoms with van der Waals surface area (Å²) in [6.45, 7) is 3.88. The molecule has 10 nitrogen and oxygen atoms in total. The van der Waals surface area contributed by atoms with E-state index in [0.29, 0.717) is 46.0 Å². The van der Waals surface area contributed by atoms with Crippen LogP contribution in [0.1, 0.15) is 23.2 Å². The molecule has 34 heavy (non-hydrogen) atoms. The molecule has 5 rings (SSSR count). The molecule has 0 bridgehead atoms. The number of allylic oxidation sites excluding steroid dienone is 1. The van der Waals surface area contributed by atoms with Crippen LogP contribution in [0, 0.1) is 5.92 Å². The van der Waals surface area contributed by atoms with Crippen molar-refractivity contribution in [3.63, 3.8) is 0 Å². The van der Waals surface area contributed by atoms with Crippen molar-refractivity contribution < 1.29 is 9.53 Å². The van der Waals surface area contributed by atoms with Gasteiger partial charge in [-0.3, -0.25) is 9.48 Å². The minimum Gasteiger partial charge on any atom is -0.494 e. The van der Waals surface area contributed by atoms with E-state index < -0.39 is 0 Å². The van der Waals surface area contributed by atoms with Crippen LogP contribution in [0.25, 0.3) is 11.4 Å². The van der Waals surface area contributed by atoms with E-state index in [-0.39, 0.29) is 11.7 Å². The predicted octanol–water partition coefficient (Wildman–Crippen LogP) is 3.62. The maximum Gasteiger partial charge on any atom is 0.206 e. The predicted molar refractivity (Wildman–Crippen MR) is 130 cm³/mol. The van der Waals surface area contributed by atoms with E-state index in [9.17, 15) is 4.79 Å². The number of methoxy groups -OCH3 is 1. The molecule has 0 saturated heterocycles. The average molecular weight is 457 g/mol. The van der Waals surface area contributed by atoms with Gasteiger partial charge in [0.05, 0.1) is 29.6 Å². The molecular weight excluding hydrogens is 432 g/mol. The lowest BCUT2D eigenvalue weighted by molar-refractivity contribution is 0.0968. The molecule has 1 aliphatic carbocycles. The van der Waals surface area contributed by atoms with Crippen molar-refractivity contribution in [1.82, 2.24) is 25.1 Å². The molecule has 1 fully saturated rings. The zero-order chi connectivity index (χ0) is 23.7. The third-order valence-corrected chi connectivity index (χ3v) is 5.45. The second-order valence-electron chi connectivity index (χ2n) is 8.08. The van der Waals surface area contributed by atoms with Gasteiger partial charge < -0.3 is 20.7 Å². The van der Waals surface area contributed by atoms with Crippen molar-refractivity contribution in [3.8, 4) is 17.1 Å². The van der Waals surface area contributed by atoms with Gasteiger partial charge in [0, 0.05) is 37.1 Å². The molecule has 3 aromatic rings. The molecule has 1 aromatic carbocycles. The number of rotatable bonds is 7. The summed E-state index contributed by atoms with van der Waals surface area (Å²) in [7, 11) is 3.40. The van der Waals surface area contributed by atoms with Gasteiger partial charge in [-0.15, -0.1) is 0 Å². The number of aryl methyl sites for hydroxylation is 1. The first-order valence-corrected chi connectivity index (χ1v) is 10.8. The number of nitrogens with zero attached hydrogens (tertiary/aromatic N) is 5. The van der Waals surface area contributed by atoms with Crippen LogP contribution in [0.4, 0.5) is 17.2 Å². The summed E-state index contributed by atoms with van der Waals surface area (Å²) in [5, 5.41) is 13.9. The maximum absolute atomic E-state index is 13.0. The van der Waals surface area contributed by atoms with Crippen molar-refractivity contribution in [1.29, 1.82) is 0 Å². The van der Waals surface area contributed by atoms with Gasteiger partial charge in [0.15, 0.2) is 17.4 Å². The summed E-state index contributed by atoms with van der Waals surface area (Å²) in [6, 6.07) is 7.44. The first kappa shape index (κ1) is 21.4. The standard InChI is InChI=1S/C24H24N8O2/c1-14-9-10-25-24(28-14)30-20-11-19(17(12-26-20)21(33)15-7-8-15)29-18-6-4-5-16(22(18)34-3)23-27-13-32(2)31-23/h4-6,9-13,15H,1,7-8H2,2-3H3,(H3,25,26,28,29,30). The van der Waals surface area contributed by atoms with E-state index in [1.54, 1.807) is 42.7 Å². The molecule has 3 heterocycles. The summed E-state index contributed by atoms with van der Waals surface area (Å²) in [5.41, 5.74) is 3.27. The second-order valence-corrected chi connectivity index (χ2v) is 8.08. The highest BCUT2D eigenvalue weighted by Gasteiger charge is 2.32. The molecule has 0 atom stereocenters. The lowest BCUT2D eigenvalue weighted by Gasteiger charge is -2.18. The van der Waals surface area contributed by atoms with Crippen molar-refractivity contribution in [2.24, 2.45) is 18.0 Å². The fraction of sp³-hybridized carbons (Fsp3) is 0.208. The fourth-order valence-electron chi connectivity index (χ4n) is 3.64. The van der Waals surface area contributed by atoms with Crippen molar-refractivity contribution in [2.45, 2.75) is 12.8 Å². The van der Waals surface area contributed by atoms with Crippen LogP contribution in [0.15, 0.2) is 66.3 Å². The van der Waals surface area contributed by atoms with Crippen LogP contribution >= 0.6 is 0 Å². The first-order valence-electron chi connectivity index (χ1n) is 10.8. The monoisotopic (exact) mass is 456 g/mol. The summed E-state index contributed by atoms with van der Waals surface area (Å²) in [5.74, 6) is 2.25. The van der Waals surface area contributed by atoms with Gasteiger partial charge in [-0.2, -0.15) is 5.10 Å². The van der Waals surface area contributed by atoms with Crippen LogP contribution in [-0.2, 0) is 7.05 Å². The molecule has 0 radical (unpaired) electrons. The fourth-order valence-corrected chi connectivity index (χ4v) is 3.64. The largest absolute Gasteiger partial charge is 0.494 e. The van der Waals surface area contributed by atoms with Gasteiger partial charge in [0.2, 0.25) is 5.96 Å². The van der Waals surface area contributed by atoms with Crippen LogP contribution in [0.3, 0.4) is 0 Å². The van der Waals surface area contributed by atoms with E-state index in [1.807, 2.05) is 25.2 Å². The van der Waals surface area contributed by atoms with Gasteiger partial charge >= 0.3 is 0 Å². The number of hydrogen-bond donors (Lipinski definition) is 3. The number of benzene rings is 1. The van der Waals surface area contributed by atoms with Gasteiger partial charge in [0.1, 0.15) is 12.1 Å². The topological polar surface area (TPSA) is 118 Å². The molecule has 172 valence electrons. The summed E-state index contributed by atoms with van der Waals surface area (Å²) in [4.78, 5) is 26.0. The van der Waals surface area contributed by atoms with E-state index in [2.05, 4.69) is 42.6 Å². The van der Waals surface area contributed by atoms with Crippen LogP contribution < -0.4 is 20.7 Å². The molecule has 0 amide bonds. The van der Waals surface area contributed by atoms with Crippen LogP contribution in [-0.4, -0.2) is 38.6 Å². The molecule has 0 spiro atoms. The van der Waals surface area contributed by atoms with Gasteiger partial charge in [0.25, 0.3) is 0 Å². The first-order chi connectivity index (χ1) is 16.5. The molecule has 1 aliphatic heterocycles. The Balaban J connectivity index is 1.51. The minimum absolute atomic E-state index is 0.0463. The molecule has 0 unspecified atom stereocenters. The Kier molecular flexibility index (Phi) is 5.54. The normalized spacial score (nSPS) is 14.9. The Morgan fingerprint density at radius 2 is 2.09 bits per heavy atom. The SMILES string of the molecule is C=C1C=CN=C(Nc2cc(Nc3cccc(-c4ncn(C)n4)c3OC)c(C(=O)C3CC3)cn2)N1. The number of anilines is 3. The molecule has 1 saturated carbocycles. The van der Waals surface area contributed by atoms with Crippen LogP contribution in [0.2, 0.25) is 0 Å². The smallest absolute Gasteiger partial charge is 0.206 e. The Hall–Kier alpha value is -4.47. The molecule has 10 heteroatoms. The average Bonchev–Trinajstić information content (AvgIpc) is 3.59. The summed E-state index contributed by atoms with van der Waals surface area (Å²) >= 11 is 0. The third-order valence-electron chi connectivity index (χ3n) is 5.45. The van der Waals surface area contributed by atoms with E-state index >= 15 is 0 Å². The Morgan fingerprint density at radius 3 is 2.79 bits per heavy atom. The number of guanidine groups is 1. The van der Waals surface area contributed by atoms with E-state index in [0.717, 1.165) is 18.4 Å². The number of nitrogens with one attached hydrogen (secondary N) is 3. The number of para-hydroxylation sites is 1. The van der Waals surface area contributed by atoms with Crippen molar-refractivity contribution in [3.05, 3.63) is 66.9 Å². The number of aromatic nitrogens is 4. The third kappa shape index (κ3) is 4.38. The number of ether oxygens (including phenoxy) is 1. The van der Waals surface area contributed by atoms with Crippen molar-refractivity contribution in [2.75, 3.05) is 17.7 Å². The van der Waals surface area contributed by atoms with Crippen molar-refractivity contribution >= 4 is 28.9 Å². The lowest BCUT2D eigenvalue weighted by atomic mass is 10.1.